The van der Waals surface area contributed by atoms with E-state index in [0.29, 0.717) is 0 Å². The molecular formula is C17H19NO. The second-order valence-corrected chi connectivity index (χ2v) is 5.24. The minimum Gasteiger partial charge on any atom is -0.387 e. The van der Waals surface area contributed by atoms with Crippen molar-refractivity contribution < 1.29 is 5.11 Å². The number of benzene rings is 1. The summed E-state index contributed by atoms with van der Waals surface area (Å²) in [6.07, 6.45) is 4.57. The monoisotopic (exact) mass is 253 g/mol. The van der Waals surface area contributed by atoms with Gasteiger partial charge in [0.15, 0.2) is 0 Å². The summed E-state index contributed by atoms with van der Waals surface area (Å²) < 4.78 is 0. The van der Waals surface area contributed by atoms with Gasteiger partial charge < -0.3 is 5.11 Å². The average Bonchev–Trinajstić information content (AvgIpc) is 2.93. The van der Waals surface area contributed by atoms with Crippen LogP contribution in [0.4, 0.5) is 0 Å². The average molecular weight is 253 g/mol. The van der Waals surface area contributed by atoms with E-state index in [4.69, 9.17) is 0 Å². The zero-order valence-electron chi connectivity index (χ0n) is 11.0. The molecule has 0 bridgehead atoms. The number of rotatable bonds is 4. The van der Waals surface area contributed by atoms with Crippen molar-refractivity contribution in [3.63, 3.8) is 0 Å². The lowest BCUT2D eigenvalue weighted by Gasteiger charge is -2.11. The highest BCUT2D eigenvalue weighted by molar-refractivity contribution is 5.28. The van der Waals surface area contributed by atoms with E-state index in [0.717, 1.165) is 31.4 Å². The van der Waals surface area contributed by atoms with E-state index in [-0.39, 0.29) is 0 Å². The fraction of sp³-hybridized carbons (Fsp3) is 0.353. The minimum absolute atomic E-state index is 0.453. The summed E-state index contributed by atoms with van der Waals surface area (Å²) in [5.74, 6) is 0. The Bertz CT molecular complexity index is 550. The van der Waals surface area contributed by atoms with E-state index in [9.17, 15) is 5.11 Å². The third kappa shape index (κ3) is 2.85. The van der Waals surface area contributed by atoms with Crippen LogP contribution in [0.15, 0.2) is 42.5 Å². The molecule has 2 heteroatoms. The van der Waals surface area contributed by atoms with Crippen molar-refractivity contribution in [2.45, 2.75) is 38.2 Å². The molecule has 0 saturated heterocycles. The molecule has 3 rings (SSSR count). The van der Waals surface area contributed by atoms with E-state index < -0.39 is 6.10 Å². The maximum absolute atomic E-state index is 10.3. The van der Waals surface area contributed by atoms with Crippen LogP contribution in [0.3, 0.4) is 0 Å². The number of aryl methyl sites for hydroxylation is 3. The fourth-order valence-electron chi connectivity index (χ4n) is 2.72. The molecule has 0 radical (unpaired) electrons. The molecule has 2 nitrogen and oxygen atoms in total. The van der Waals surface area contributed by atoms with E-state index in [1.807, 2.05) is 24.3 Å². The molecule has 1 atom stereocenters. The minimum atomic E-state index is -0.453. The summed E-state index contributed by atoms with van der Waals surface area (Å²) in [5.41, 5.74) is 4.65. The first-order chi connectivity index (χ1) is 9.33. The van der Waals surface area contributed by atoms with Crippen molar-refractivity contribution in [3.8, 4) is 0 Å². The maximum Gasteiger partial charge on any atom is 0.0963 e. The Labute approximate surface area is 114 Å². The topological polar surface area (TPSA) is 33.1 Å². The van der Waals surface area contributed by atoms with Crippen molar-refractivity contribution in [1.82, 2.24) is 4.98 Å². The number of aliphatic hydroxyl groups excluding tert-OH is 1. The SMILES string of the molecule is O[C@H](CCc1ccccc1)c1ccc2c(n1)CCC2. The van der Waals surface area contributed by atoms with Crippen LogP contribution in [0.25, 0.3) is 0 Å². The number of aromatic nitrogens is 1. The number of fused-ring (bicyclic) bond motifs is 1. The van der Waals surface area contributed by atoms with Crippen molar-refractivity contribution in [3.05, 3.63) is 65.0 Å². The van der Waals surface area contributed by atoms with Crippen LogP contribution in [-0.2, 0) is 19.3 Å². The largest absolute Gasteiger partial charge is 0.387 e. The highest BCUT2D eigenvalue weighted by Gasteiger charge is 2.15. The number of pyridine rings is 1. The van der Waals surface area contributed by atoms with Crippen LogP contribution < -0.4 is 0 Å². The van der Waals surface area contributed by atoms with Crippen molar-refractivity contribution in [2.75, 3.05) is 0 Å². The Morgan fingerprint density at radius 2 is 1.89 bits per heavy atom. The van der Waals surface area contributed by atoms with Crippen LogP contribution >= 0.6 is 0 Å². The molecule has 19 heavy (non-hydrogen) atoms. The molecule has 1 aromatic carbocycles. The zero-order valence-corrected chi connectivity index (χ0v) is 11.0. The lowest BCUT2D eigenvalue weighted by Crippen LogP contribution is -2.04. The number of hydrogen-bond acceptors (Lipinski definition) is 2. The molecule has 1 heterocycles. The summed E-state index contributed by atoms with van der Waals surface area (Å²) in [4.78, 5) is 4.62. The maximum atomic E-state index is 10.3. The second kappa shape index (κ2) is 5.54. The van der Waals surface area contributed by atoms with Crippen molar-refractivity contribution in [2.24, 2.45) is 0 Å². The highest BCUT2D eigenvalue weighted by atomic mass is 16.3. The van der Waals surface area contributed by atoms with Crippen molar-refractivity contribution in [1.29, 1.82) is 0 Å². The Morgan fingerprint density at radius 1 is 1.05 bits per heavy atom. The molecule has 2 aromatic rings. The molecule has 0 amide bonds. The van der Waals surface area contributed by atoms with Gasteiger partial charge in [-0.05, 0) is 49.3 Å². The van der Waals surface area contributed by atoms with Gasteiger partial charge in [-0.1, -0.05) is 36.4 Å². The molecule has 0 spiro atoms. The van der Waals surface area contributed by atoms with Gasteiger partial charge in [-0.15, -0.1) is 0 Å². The number of aliphatic hydroxyl groups is 1. The van der Waals surface area contributed by atoms with Crippen LogP contribution in [0.1, 0.15) is 41.5 Å². The molecule has 0 saturated carbocycles. The third-order valence-electron chi connectivity index (χ3n) is 3.84. The summed E-state index contributed by atoms with van der Waals surface area (Å²) in [5, 5.41) is 10.3. The summed E-state index contributed by atoms with van der Waals surface area (Å²) in [6.45, 7) is 0. The molecule has 0 unspecified atom stereocenters. The summed E-state index contributed by atoms with van der Waals surface area (Å²) in [7, 11) is 0. The molecule has 1 aromatic heterocycles. The van der Waals surface area contributed by atoms with Gasteiger partial charge in [0.25, 0.3) is 0 Å². The first-order valence-electron chi connectivity index (χ1n) is 7.03. The van der Waals surface area contributed by atoms with E-state index in [2.05, 4.69) is 23.2 Å². The molecule has 1 aliphatic rings. The Kier molecular flexibility index (Phi) is 3.60. The first kappa shape index (κ1) is 12.4. The number of nitrogens with zero attached hydrogens (tertiary/aromatic N) is 1. The number of hydrogen-bond donors (Lipinski definition) is 1. The third-order valence-corrected chi connectivity index (χ3v) is 3.84. The smallest absolute Gasteiger partial charge is 0.0963 e. The van der Waals surface area contributed by atoms with Gasteiger partial charge in [0.05, 0.1) is 11.8 Å². The normalized spacial score (nSPS) is 15.2. The van der Waals surface area contributed by atoms with Gasteiger partial charge in [0, 0.05) is 5.69 Å². The van der Waals surface area contributed by atoms with Gasteiger partial charge in [-0.2, -0.15) is 0 Å². The summed E-state index contributed by atoms with van der Waals surface area (Å²) >= 11 is 0. The Hall–Kier alpha value is -1.67. The zero-order chi connectivity index (χ0) is 13.1. The van der Waals surface area contributed by atoms with Crippen LogP contribution in [0.5, 0.6) is 0 Å². The van der Waals surface area contributed by atoms with Crippen molar-refractivity contribution >= 4 is 0 Å². The molecular weight excluding hydrogens is 234 g/mol. The Balaban J connectivity index is 1.65. The fourth-order valence-corrected chi connectivity index (χ4v) is 2.72. The second-order valence-electron chi connectivity index (χ2n) is 5.24. The van der Waals surface area contributed by atoms with Gasteiger partial charge in [0.1, 0.15) is 0 Å². The lowest BCUT2D eigenvalue weighted by atomic mass is 10.0. The standard InChI is InChI=1S/C17H19NO/c19-17(12-9-13-5-2-1-3-6-13)16-11-10-14-7-4-8-15(14)18-16/h1-3,5-6,10-11,17,19H,4,7-9,12H2/t17-/m1/s1. The quantitative estimate of drug-likeness (QED) is 0.907. The van der Waals surface area contributed by atoms with E-state index >= 15 is 0 Å². The van der Waals surface area contributed by atoms with E-state index in [1.165, 1.54) is 23.2 Å². The van der Waals surface area contributed by atoms with Gasteiger partial charge in [0.2, 0.25) is 0 Å². The Morgan fingerprint density at radius 3 is 2.74 bits per heavy atom. The predicted molar refractivity (Wildman–Crippen MR) is 76.0 cm³/mol. The first-order valence-corrected chi connectivity index (χ1v) is 7.03. The predicted octanol–water partition coefficient (Wildman–Crippen LogP) is 3.24. The molecule has 98 valence electrons. The van der Waals surface area contributed by atoms with E-state index in [1.54, 1.807) is 0 Å². The molecule has 0 fully saturated rings. The van der Waals surface area contributed by atoms with Crippen LogP contribution in [0.2, 0.25) is 0 Å². The van der Waals surface area contributed by atoms with Gasteiger partial charge >= 0.3 is 0 Å². The van der Waals surface area contributed by atoms with Gasteiger partial charge in [-0.3, -0.25) is 4.98 Å². The lowest BCUT2D eigenvalue weighted by molar-refractivity contribution is 0.163. The van der Waals surface area contributed by atoms with Gasteiger partial charge in [-0.25, -0.2) is 0 Å². The van der Waals surface area contributed by atoms with Crippen LogP contribution in [-0.4, -0.2) is 10.1 Å². The van der Waals surface area contributed by atoms with Crippen LogP contribution in [0, 0.1) is 0 Å². The molecule has 0 aliphatic heterocycles. The molecule has 1 N–H and O–H groups in total. The molecule has 1 aliphatic carbocycles. The highest BCUT2D eigenvalue weighted by Crippen LogP contribution is 2.24. The summed E-state index contributed by atoms with van der Waals surface area (Å²) in [6, 6.07) is 14.4.